The van der Waals surface area contributed by atoms with E-state index >= 15 is 0 Å². The van der Waals surface area contributed by atoms with Crippen molar-refractivity contribution in [1.82, 2.24) is 10.5 Å². The fourth-order valence-corrected chi connectivity index (χ4v) is 3.18. The highest BCUT2D eigenvalue weighted by Crippen LogP contribution is 2.27. The third kappa shape index (κ3) is 7.63. The predicted octanol–water partition coefficient (Wildman–Crippen LogP) is 4.77. The largest absolute Gasteiger partial charge is 0.497 e. The monoisotopic (exact) mass is 444 g/mol. The molecule has 3 rings (SSSR count). The van der Waals surface area contributed by atoms with Crippen LogP contribution in [0.2, 0.25) is 0 Å². The molecule has 0 unspecified atom stereocenters. The molecule has 1 heterocycles. The van der Waals surface area contributed by atoms with E-state index in [-0.39, 0.29) is 5.91 Å². The second-order valence-corrected chi connectivity index (χ2v) is 7.18. The number of benzene rings is 2. The van der Waals surface area contributed by atoms with Crippen molar-refractivity contribution >= 4 is 11.5 Å². The van der Waals surface area contributed by atoms with E-state index in [1.54, 1.807) is 26.5 Å². The van der Waals surface area contributed by atoms with Crippen LogP contribution in [0.4, 0.5) is 0 Å². The first kappa shape index (κ1) is 23.8. The molecule has 33 heavy (non-hydrogen) atoms. The second-order valence-electron chi connectivity index (χ2n) is 7.18. The molecule has 1 amide bonds. The Hall–Kier alpha value is -3.90. The fraction of sp³-hybridized carbons (Fsp3) is 0.185. The summed E-state index contributed by atoms with van der Waals surface area (Å²) in [7, 11) is 3.27. The number of carbonyl (C=O) groups is 1. The summed E-state index contributed by atoms with van der Waals surface area (Å²) in [5.74, 6) is 1.24. The molecule has 1 N–H and O–H groups in total. The lowest BCUT2D eigenvalue weighted by Gasteiger charge is -2.10. The minimum absolute atomic E-state index is 0.323. The van der Waals surface area contributed by atoms with Gasteiger partial charge in [-0.1, -0.05) is 42.5 Å². The van der Waals surface area contributed by atoms with E-state index in [2.05, 4.69) is 10.5 Å². The van der Waals surface area contributed by atoms with E-state index in [1.807, 2.05) is 72.9 Å². The van der Waals surface area contributed by atoms with Gasteiger partial charge >= 0.3 is 0 Å². The number of pyridine rings is 1. The molecular formula is C27H28N2O4. The Kier molecular flexibility index (Phi) is 9.24. The Bertz CT molecular complexity index is 1010. The van der Waals surface area contributed by atoms with Gasteiger partial charge in [0.2, 0.25) is 0 Å². The molecule has 0 aliphatic heterocycles. The molecule has 2 aromatic carbocycles. The van der Waals surface area contributed by atoms with Crippen molar-refractivity contribution in [3.63, 3.8) is 0 Å². The van der Waals surface area contributed by atoms with Gasteiger partial charge in [-0.25, -0.2) is 5.48 Å². The normalized spacial score (nSPS) is 10.6. The SMILES string of the molecule is COc1ccc(C(=C/C=C/C(=O)NOCCCc2cccnc2)c2ccc(OC)cc2)cc1. The first-order valence-electron chi connectivity index (χ1n) is 10.7. The predicted molar refractivity (Wildman–Crippen MR) is 129 cm³/mol. The highest BCUT2D eigenvalue weighted by molar-refractivity contribution is 5.88. The van der Waals surface area contributed by atoms with Crippen molar-refractivity contribution < 1.29 is 19.1 Å². The van der Waals surface area contributed by atoms with Crippen molar-refractivity contribution in [3.05, 3.63) is 108 Å². The number of hydrogen-bond donors (Lipinski definition) is 1. The van der Waals surface area contributed by atoms with Crippen LogP contribution in [-0.2, 0) is 16.1 Å². The number of rotatable bonds is 11. The Morgan fingerprint density at radius 2 is 1.58 bits per heavy atom. The van der Waals surface area contributed by atoms with Crippen LogP contribution in [0.1, 0.15) is 23.1 Å². The number of hydroxylamine groups is 1. The molecular weight excluding hydrogens is 416 g/mol. The van der Waals surface area contributed by atoms with E-state index in [1.165, 1.54) is 6.08 Å². The lowest BCUT2D eigenvalue weighted by Crippen LogP contribution is -2.22. The molecule has 0 saturated carbocycles. The number of hydrogen-bond acceptors (Lipinski definition) is 5. The van der Waals surface area contributed by atoms with Crippen molar-refractivity contribution in [2.45, 2.75) is 12.8 Å². The summed E-state index contributed by atoms with van der Waals surface area (Å²) in [6.07, 6.45) is 10.2. The molecule has 0 fully saturated rings. The molecule has 0 atom stereocenters. The van der Waals surface area contributed by atoms with Crippen LogP contribution in [0.5, 0.6) is 11.5 Å². The highest BCUT2D eigenvalue weighted by Gasteiger charge is 2.06. The zero-order valence-corrected chi connectivity index (χ0v) is 18.9. The number of nitrogens with one attached hydrogen (secondary N) is 1. The zero-order valence-electron chi connectivity index (χ0n) is 18.9. The number of allylic oxidation sites excluding steroid dienone is 2. The third-order valence-corrected chi connectivity index (χ3v) is 4.92. The first-order valence-corrected chi connectivity index (χ1v) is 10.7. The summed E-state index contributed by atoms with van der Waals surface area (Å²) in [4.78, 5) is 21.5. The van der Waals surface area contributed by atoms with Crippen LogP contribution in [0, 0.1) is 0 Å². The zero-order chi connectivity index (χ0) is 23.3. The van der Waals surface area contributed by atoms with Crippen LogP contribution in [0.15, 0.2) is 91.3 Å². The second kappa shape index (κ2) is 12.8. The maximum absolute atomic E-state index is 12.1. The van der Waals surface area contributed by atoms with Crippen LogP contribution < -0.4 is 15.0 Å². The summed E-state index contributed by atoms with van der Waals surface area (Å²) in [6, 6.07) is 19.5. The maximum Gasteiger partial charge on any atom is 0.267 e. The molecule has 1 aromatic heterocycles. The number of methoxy groups -OCH3 is 2. The van der Waals surface area contributed by atoms with Gasteiger partial charge in [0, 0.05) is 18.5 Å². The van der Waals surface area contributed by atoms with Crippen LogP contribution in [-0.4, -0.2) is 31.7 Å². The van der Waals surface area contributed by atoms with Crippen molar-refractivity contribution in [2.75, 3.05) is 20.8 Å². The number of nitrogens with zero attached hydrogens (tertiary/aromatic N) is 1. The van der Waals surface area contributed by atoms with Crippen molar-refractivity contribution in [2.24, 2.45) is 0 Å². The van der Waals surface area contributed by atoms with Crippen LogP contribution in [0.3, 0.4) is 0 Å². The number of ether oxygens (including phenoxy) is 2. The van der Waals surface area contributed by atoms with Gasteiger partial charge in [0.1, 0.15) is 11.5 Å². The molecule has 0 bridgehead atoms. The van der Waals surface area contributed by atoms with Gasteiger partial charge in [0.25, 0.3) is 5.91 Å². The number of amides is 1. The van der Waals surface area contributed by atoms with E-state index in [9.17, 15) is 4.79 Å². The van der Waals surface area contributed by atoms with Crippen molar-refractivity contribution in [3.8, 4) is 11.5 Å². The number of aromatic nitrogens is 1. The Morgan fingerprint density at radius 1 is 0.939 bits per heavy atom. The Balaban J connectivity index is 1.60. The van der Waals surface area contributed by atoms with Gasteiger partial charge in [0.05, 0.1) is 20.8 Å². The molecule has 0 aliphatic rings. The number of carbonyl (C=O) groups excluding carboxylic acids is 1. The lowest BCUT2D eigenvalue weighted by atomic mass is 9.97. The summed E-state index contributed by atoms with van der Waals surface area (Å²) in [6.45, 7) is 0.424. The summed E-state index contributed by atoms with van der Waals surface area (Å²) < 4.78 is 10.5. The molecule has 0 radical (unpaired) electrons. The molecule has 6 heteroatoms. The molecule has 3 aromatic rings. The molecule has 0 spiro atoms. The maximum atomic E-state index is 12.1. The fourth-order valence-electron chi connectivity index (χ4n) is 3.18. The molecule has 170 valence electrons. The quantitative estimate of drug-likeness (QED) is 0.200. The van der Waals surface area contributed by atoms with Crippen LogP contribution in [0.25, 0.3) is 5.57 Å². The molecule has 6 nitrogen and oxygen atoms in total. The standard InChI is InChI=1S/C27H28N2O4/c1-31-24-14-10-22(11-15-24)26(23-12-16-25(32-2)17-13-23)8-3-9-27(30)29-33-19-5-7-21-6-4-18-28-20-21/h3-4,6,8-18,20H,5,7,19H2,1-2H3,(H,29,30)/b9-3+. The van der Waals surface area contributed by atoms with Gasteiger partial charge in [-0.3, -0.25) is 14.6 Å². The minimum Gasteiger partial charge on any atom is -0.497 e. The van der Waals surface area contributed by atoms with Crippen LogP contribution >= 0.6 is 0 Å². The summed E-state index contributed by atoms with van der Waals surface area (Å²) in [5, 5.41) is 0. The van der Waals surface area contributed by atoms with E-state index in [4.69, 9.17) is 14.3 Å². The van der Waals surface area contributed by atoms with Gasteiger partial charge < -0.3 is 9.47 Å². The molecule has 0 saturated heterocycles. The lowest BCUT2D eigenvalue weighted by molar-refractivity contribution is -0.128. The van der Waals surface area contributed by atoms with E-state index in [0.717, 1.165) is 46.6 Å². The Morgan fingerprint density at radius 3 is 2.12 bits per heavy atom. The number of aryl methyl sites for hydroxylation is 1. The molecule has 0 aliphatic carbocycles. The highest BCUT2D eigenvalue weighted by atomic mass is 16.6. The third-order valence-electron chi connectivity index (χ3n) is 4.92. The van der Waals surface area contributed by atoms with Gasteiger partial charge in [-0.05, 0) is 65.4 Å². The topological polar surface area (TPSA) is 69.7 Å². The Labute approximate surface area is 194 Å². The first-order chi connectivity index (χ1) is 16.2. The summed E-state index contributed by atoms with van der Waals surface area (Å²) >= 11 is 0. The average Bonchev–Trinajstić information content (AvgIpc) is 2.87. The van der Waals surface area contributed by atoms with Gasteiger partial charge in [-0.15, -0.1) is 0 Å². The van der Waals surface area contributed by atoms with Crippen molar-refractivity contribution in [1.29, 1.82) is 0 Å². The van der Waals surface area contributed by atoms with E-state index < -0.39 is 0 Å². The average molecular weight is 445 g/mol. The van der Waals surface area contributed by atoms with E-state index in [0.29, 0.717) is 6.61 Å². The minimum atomic E-state index is -0.323. The van der Waals surface area contributed by atoms with Gasteiger partial charge in [-0.2, -0.15) is 0 Å². The smallest absolute Gasteiger partial charge is 0.267 e. The van der Waals surface area contributed by atoms with Gasteiger partial charge in [0.15, 0.2) is 0 Å². The summed E-state index contributed by atoms with van der Waals surface area (Å²) in [5.41, 5.74) is 6.55.